The van der Waals surface area contributed by atoms with Crippen LogP contribution in [0.2, 0.25) is 0 Å². The van der Waals surface area contributed by atoms with Crippen LogP contribution < -0.4 is 16.4 Å². The number of aryl methyl sites for hydroxylation is 1. The predicted octanol–water partition coefficient (Wildman–Crippen LogP) is 2.62. The third-order valence-corrected chi connectivity index (χ3v) is 2.42. The molecular weight excluding hydrogens is 228 g/mol. The number of nitrogens with zero attached hydrogens (tertiary/aromatic N) is 1. The molecule has 2 rings (SSSR count). The first-order valence-electron chi connectivity index (χ1n) is 5.50. The maximum absolute atomic E-state index is 11.7. The van der Waals surface area contributed by atoms with Crippen LogP contribution in [-0.2, 0) is 0 Å². The van der Waals surface area contributed by atoms with E-state index in [1.807, 2.05) is 6.92 Å². The molecule has 0 bridgehead atoms. The van der Waals surface area contributed by atoms with Gasteiger partial charge in [-0.3, -0.25) is 4.98 Å². The normalized spacial score (nSPS) is 9.83. The van der Waals surface area contributed by atoms with Crippen molar-refractivity contribution in [3.05, 3.63) is 48.3 Å². The number of rotatable bonds is 2. The topological polar surface area (TPSA) is 80.0 Å². The number of carbonyl (C=O) groups excluding carboxylic acids is 1. The summed E-state index contributed by atoms with van der Waals surface area (Å²) in [5, 5.41) is 5.44. The lowest BCUT2D eigenvalue weighted by Crippen LogP contribution is -2.20. The van der Waals surface area contributed by atoms with E-state index in [4.69, 9.17) is 5.73 Å². The van der Waals surface area contributed by atoms with Crippen LogP contribution in [0.4, 0.5) is 21.9 Å². The fourth-order valence-electron chi connectivity index (χ4n) is 1.47. The Morgan fingerprint density at radius 1 is 1.17 bits per heavy atom. The van der Waals surface area contributed by atoms with Gasteiger partial charge >= 0.3 is 6.03 Å². The standard InChI is InChI=1S/C13H14N4O/c1-9-12(3-2-8-15-9)17-13(18)16-11-6-4-10(14)5-7-11/h2-8H,14H2,1H3,(H2,16,17,18). The van der Waals surface area contributed by atoms with Gasteiger partial charge in [0, 0.05) is 17.6 Å². The highest BCUT2D eigenvalue weighted by Gasteiger charge is 2.04. The van der Waals surface area contributed by atoms with E-state index in [1.54, 1.807) is 42.6 Å². The molecule has 1 aromatic heterocycles. The molecule has 92 valence electrons. The van der Waals surface area contributed by atoms with Crippen LogP contribution in [0.25, 0.3) is 0 Å². The first-order valence-corrected chi connectivity index (χ1v) is 5.50. The molecule has 0 aliphatic rings. The molecule has 1 aromatic carbocycles. The molecule has 5 nitrogen and oxygen atoms in total. The summed E-state index contributed by atoms with van der Waals surface area (Å²) in [4.78, 5) is 15.8. The molecule has 0 radical (unpaired) electrons. The number of nitrogens with one attached hydrogen (secondary N) is 2. The van der Waals surface area contributed by atoms with Crippen molar-refractivity contribution in [3.8, 4) is 0 Å². The Morgan fingerprint density at radius 2 is 1.89 bits per heavy atom. The second-order valence-electron chi connectivity index (χ2n) is 3.84. The SMILES string of the molecule is Cc1ncccc1NC(=O)Nc1ccc(N)cc1. The summed E-state index contributed by atoms with van der Waals surface area (Å²) in [5.74, 6) is 0. The number of benzene rings is 1. The van der Waals surface area contributed by atoms with E-state index in [0.717, 1.165) is 5.69 Å². The third-order valence-electron chi connectivity index (χ3n) is 2.42. The minimum atomic E-state index is -0.309. The Morgan fingerprint density at radius 3 is 2.56 bits per heavy atom. The highest BCUT2D eigenvalue weighted by atomic mass is 16.2. The molecule has 0 spiro atoms. The van der Waals surface area contributed by atoms with E-state index in [9.17, 15) is 4.79 Å². The van der Waals surface area contributed by atoms with Crippen molar-refractivity contribution in [2.24, 2.45) is 0 Å². The second-order valence-corrected chi connectivity index (χ2v) is 3.84. The van der Waals surface area contributed by atoms with Crippen molar-refractivity contribution in [2.75, 3.05) is 16.4 Å². The molecule has 0 atom stereocenters. The van der Waals surface area contributed by atoms with Crippen LogP contribution in [0.5, 0.6) is 0 Å². The molecule has 0 fully saturated rings. The van der Waals surface area contributed by atoms with Crippen molar-refractivity contribution in [2.45, 2.75) is 6.92 Å². The Bertz CT molecular complexity index is 551. The van der Waals surface area contributed by atoms with Gasteiger partial charge in [-0.25, -0.2) is 4.79 Å². The molecule has 0 saturated heterocycles. The van der Waals surface area contributed by atoms with Crippen molar-refractivity contribution < 1.29 is 4.79 Å². The smallest absolute Gasteiger partial charge is 0.323 e. The number of nitrogen functional groups attached to an aromatic ring is 1. The number of urea groups is 1. The van der Waals surface area contributed by atoms with E-state index in [1.165, 1.54) is 0 Å². The van der Waals surface area contributed by atoms with Crippen molar-refractivity contribution in [1.29, 1.82) is 0 Å². The van der Waals surface area contributed by atoms with Gasteiger partial charge in [-0.1, -0.05) is 0 Å². The minimum absolute atomic E-state index is 0.309. The zero-order chi connectivity index (χ0) is 13.0. The largest absolute Gasteiger partial charge is 0.399 e. The first-order chi connectivity index (χ1) is 8.65. The minimum Gasteiger partial charge on any atom is -0.399 e. The Labute approximate surface area is 105 Å². The zero-order valence-electron chi connectivity index (χ0n) is 9.97. The maximum atomic E-state index is 11.7. The molecule has 18 heavy (non-hydrogen) atoms. The van der Waals surface area contributed by atoms with E-state index in [2.05, 4.69) is 15.6 Å². The molecular formula is C13H14N4O. The molecule has 0 unspecified atom stereocenters. The summed E-state index contributed by atoms with van der Waals surface area (Å²) in [5.41, 5.74) is 8.36. The van der Waals surface area contributed by atoms with Crippen molar-refractivity contribution in [1.82, 2.24) is 4.98 Å². The number of aromatic nitrogens is 1. The summed E-state index contributed by atoms with van der Waals surface area (Å²) in [6.07, 6.45) is 1.68. The first kappa shape index (κ1) is 11.9. The number of anilines is 3. The lowest BCUT2D eigenvalue weighted by Gasteiger charge is -2.09. The monoisotopic (exact) mass is 242 g/mol. The van der Waals surface area contributed by atoms with E-state index >= 15 is 0 Å². The second kappa shape index (κ2) is 5.18. The van der Waals surface area contributed by atoms with Crippen LogP contribution in [0.1, 0.15) is 5.69 Å². The van der Waals surface area contributed by atoms with Gasteiger partial charge in [0.05, 0.1) is 11.4 Å². The summed E-state index contributed by atoms with van der Waals surface area (Å²) in [6, 6.07) is 10.2. The van der Waals surface area contributed by atoms with Gasteiger partial charge in [-0.05, 0) is 43.3 Å². The molecule has 0 aliphatic carbocycles. The highest BCUT2D eigenvalue weighted by Crippen LogP contribution is 2.13. The number of nitrogens with two attached hydrogens (primary N) is 1. The summed E-state index contributed by atoms with van der Waals surface area (Å²) in [7, 11) is 0. The molecule has 1 heterocycles. The van der Waals surface area contributed by atoms with Crippen LogP contribution in [0, 0.1) is 6.92 Å². The van der Waals surface area contributed by atoms with E-state index < -0.39 is 0 Å². The van der Waals surface area contributed by atoms with Crippen molar-refractivity contribution in [3.63, 3.8) is 0 Å². The molecule has 2 aromatic rings. The Hall–Kier alpha value is -2.56. The van der Waals surface area contributed by atoms with Gasteiger partial charge in [0.2, 0.25) is 0 Å². The molecule has 0 aliphatic heterocycles. The van der Waals surface area contributed by atoms with Gasteiger partial charge in [-0.15, -0.1) is 0 Å². The van der Waals surface area contributed by atoms with Gasteiger partial charge in [0.25, 0.3) is 0 Å². The highest BCUT2D eigenvalue weighted by molar-refractivity contribution is 6.00. The van der Waals surface area contributed by atoms with Gasteiger partial charge < -0.3 is 16.4 Å². The average Bonchev–Trinajstić information content (AvgIpc) is 2.35. The number of amides is 2. The van der Waals surface area contributed by atoms with Crippen LogP contribution in [0.3, 0.4) is 0 Å². The summed E-state index contributed by atoms with van der Waals surface area (Å²) < 4.78 is 0. The molecule has 5 heteroatoms. The quantitative estimate of drug-likeness (QED) is 0.708. The lowest BCUT2D eigenvalue weighted by molar-refractivity contribution is 0.262. The number of hydrogen-bond donors (Lipinski definition) is 3. The van der Waals surface area contributed by atoms with Gasteiger partial charge in [-0.2, -0.15) is 0 Å². The Balaban J connectivity index is 2.01. The van der Waals surface area contributed by atoms with E-state index in [0.29, 0.717) is 17.1 Å². The molecule has 2 amide bonds. The zero-order valence-corrected chi connectivity index (χ0v) is 9.97. The average molecular weight is 242 g/mol. The van der Waals surface area contributed by atoms with Crippen molar-refractivity contribution >= 4 is 23.1 Å². The van der Waals surface area contributed by atoms with Gasteiger partial charge in [0.1, 0.15) is 0 Å². The fourth-order valence-corrected chi connectivity index (χ4v) is 1.47. The fraction of sp³-hybridized carbons (Fsp3) is 0.0769. The predicted molar refractivity (Wildman–Crippen MR) is 72.5 cm³/mol. The van der Waals surface area contributed by atoms with Crippen LogP contribution >= 0.6 is 0 Å². The molecule has 4 N–H and O–H groups in total. The summed E-state index contributed by atoms with van der Waals surface area (Å²) >= 11 is 0. The van der Waals surface area contributed by atoms with Crippen LogP contribution in [-0.4, -0.2) is 11.0 Å². The van der Waals surface area contributed by atoms with Gasteiger partial charge in [0.15, 0.2) is 0 Å². The number of carbonyl (C=O) groups is 1. The Kier molecular flexibility index (Phi) is 3.43. The number of hydrogen-bond acceptors (Lipinski definition) is 3. The maximum Gasteiger partial charge on any atom is 0.323 e. The van der Waals surface area contributed by atoms with Crippen LogP contribution in [0.15, 0.2) is 42.6 Å². The summed E-state index contributed by atoms with van der Waals surface area (Å²) in [6.45, 7) is 1.83. The number of pyridine rings is 1. The third kappa shape index (κ3) is 2.98. The molecule has 0 saturated carbocycles. The lowest BCUT2D eigenvalue weighted by atomic mass is 10.3. The van der Waals surface area contributed by atoms with E-state index in [-0.39, 0.29) is 6.03 Å².